The van der Waals surface area contributed by atoms with Crippen LogP contribution in [-0.2, 0) is 11.2 Å². The van der Waals surface area contributed by atoms with Gasteiger partial charge >= 0.3 is 0 Å². The van der Waals surface area contributed by atoms with Gasteiger partial charge in [-0.15, -0.1) is 0 Å². The first-order valence-electron chi connectivity index (χ1n) is 6.68. The average Bonchev–Trinajstić information content (AvgIpc) is 2.91. The second-order valence-corrected chi connectivity index (χ2v) is 4.63. The Hall–Kier alpha value is -2.80. The number of hydrogen-bond acceptors (Lipinski definition) is 3. The van der Waals surface area contributed by atoms with Crippen LogP contribution < -0.4 is 5.32 Å². The zero-order valence-corrected chi connectivity index (χ0v) is 11.8. The number of nitriles is 1. The number of benzene rings is 1. The number of furan rings is 1. The molecular weight excluding hydrogens is 264 g/mol. The normalized spacial score (nSPS) is 11.0. The van der Waals surface area contributed by atoms with Gasteiger partial charge in [0.25, 0.3) is 5.91 Å². The minimum Gasteiger partial charge on any atom is -0.465 e. The topological polar surface area (TPSA) is 66.0 Å². The van der Waals surface area contributed by atoms with Crippen LogP contribution in [0.4, 0.5) is 0 Å². The molecule has 1 amide bonds. The minimum atomic E-state index is -0.385. The summed E-state index contributed by atoms with van der Waals surface area (Å²) in [5, 5.41) is 11.8. The Labute approximate surface area is 123 Å². The molecule has 0 radical (unpaired) electrons. The molecule has 0 aliphatic rings. The van der Waals surface area contributed by atoms with Crippen molar-refractivity contribution in [3.63, 3.8) is 0 Å². The summed E-state index contributed by atoms with van der Waals surface area (Å²) < 4.78 is 5.21. The fraction of sp³-hybridized carbons (Fsp3) is 0.176. The van der Waals surface area contributed by atoms with Gasteiger partial charge in [-0.3, -0.25) is 4.79 Å². The van der Waals surface area contributed by atoms with Crippen molar-refractivity contribution in [2.24, 2.45) is 0 Å². The molecule has 0 aliphatic carbocycles. The molecule has 0 spiro atoms. The fourth-order valence-corrected chi connectivity index (χ4v) is 1.87. The van der Waals surface area contributed by atoms with Crippen molar-refractivity contribution in [2.45, 2.75) is 13.3 Å². The zero-order valence-electron chi connectivity index (χ0n) is 11.8. The molecule has 1 heterocycles. The number of nitrogens with zero attached hydrogens (tertiary/aromatic N) is 1. The van der Waals surface area contributed by atoms with Crippen LogP contribution in [-0.4, -0.2) is 12.5 Å². The highest BCUT2D eigenvalue weighted by Gasteiger charge is 2.10. The van der Waals surface area contributed by atoms with Gasteiger partial charge in [0, 0.05) is 12.6 Å². The largest absolute Gasteiger partial charge is 0.465 e. The Morgan fingerprint density at radius 3 is 2.71 bits per heavy atom. The number of nitrogens with one attached hydrogen (secondary N) is 1. The van der Waals surface area contributed by atoms with Gasteiger partial charge in [-0.25, -0.2) is 0 Å². The number of amides is 1. The molecule has 2 rings (SSSR count). The summed E-state index contributed by atoms with van der Waals surface area (Å²) in [6.07, 6.45) is 3.72. The van der Waals surface area contributed by atoms with Gasteiger partial charge in [0.1, 0.15) is 17.4 Å². The van der Waals surface area contributed by atoms with E-state index in [0.717, 1.165) is 17.5 Å². The lowest BCUT2D eigenvalue weighted by molar-refractivity contribution is -0.117. The molecule has 21 heavy (non-hydrogen) atoms. The Balaban J connectivity index is 1.94. The number of rotatable bonds is 5. The summed E-state index contributed by atoms with van der Waals surface area (Å²) in [6.45, 7) is 2.34. The molecule has 0 unspecified atom stereocenters. The van der Waals surface area contributed by atoms with Gasteiger partial charge in [0.15, 0.2) is 0 Å². The Morgan fingerprint density at radius 2 is 2.10 bits per heavy atom. The summed E-state index contributed by atoms with van der Waals surface area (Å²) in [5.41, 5.74) is 2.07. The summed E-state index contributed by atoms with van der Waals surface area (Å²) in [7, 11) is 0. The zero-order chi connectivity index (χ0) is 15.1. The van der Waals surface area contributed by atoms with Gasteiger partial charge in [-0.05, 0) is 30.5 Å². The first kappa shape index (κ1) is 14.6. The quantitative estimate of drug-likeness (QED) is 0.676. The Morgan fingerprint density at radius 1 is 1.33 bits per heavy atom. The van der Waals surface area contributed by atoms with Crippen molar-refractivity contribution in [3.8, 4) is 6.07 Å². The van der Waals surface area contributed by atoms with Gasteiger partial charge in [0.05, 0.1) is 6.26 Å². The Bertz CT molecular complexity index is 678. The highest BCUT2D eigenvalue weighted by atomic mass is 16.3. The van der Waals surface area contributed by atoms with Gasteiger partial charge in [-0.2, -0.15) is 5.26 Å². The second kappa shape index (κ2) is 7.11. The summed E-state index contributed by atoms with van der Waals surface area (Å²) in [5.74, 6) is 0.147. The van der Waals surface area contributed by atoms with E-state index in [-0.39, 0.29) is 11.5 Å². The van der Waals surface area contributed by atoms with Crippen LogP contribution in [0.1, 0.15) is 16.9 Å². The molecule has 0 fully saturated rings. The maximum Gasteiger partial charge on any atom is 0.262 e. The third kappa shape index (κ3) is 4.08. The standard InChI is InChI=1S/C17H16N2O2/c1-13-8-10-21-16(13)11-15(12-18)17(20)19-9-7-14-5-3-2-4-6-14/h2-6,8,10-11H,7,9H2,1H3,(H,19,20). The highest BCUT2D eigenvalue weighted by Crippen LogP contribution is 2.13. The van der Waals surface area contributed by atoms with E-state index in [9.17, 15) is 4.79 Å². The first-order valence-corrected chi connectivity index (χ1v) is 6.68. The average molecular weight is 280 g/mol. The van der Waals surface area contributed by atoms with Crippen molar-refractivity contribution < 1.29 is 9.21 Å². The van der Waals surface area contributed by atoms with E-state index in [2.05, 4.69) is 5.32 Å². The van der Waals surface area contributed by atoms with E-state index < -0.39 is 0 Å². The molecule has 4 nitrogen and oxygen atoms in total. The lowest BCUT2D eigenvalue weighted by Gasteiger charge is -2.04. The summed E-state index contributed by atoms with van der Waals surface area (Å²) in [6, 6.07) is 13.6. The maximum absolute atomic E-state index is 12.0. The molecule has 0 bridgehead atoms. The molecule has 2 aromatic rings. The summed E-state index contributed by atoms with van der Waals surface area (Å²) >= 11 is 0. The maximum atomic E-state index is 12.0. The van der Waals surface area contributed by atoms with Crippen LogP contribution in [0.2, 0.25) is 0 Å². The van der Waals surface area contributed by atoms with E-state index in [1.54, 1.807) is 6.07 Å². The number of hydrogen-bond donors (Lipinski definition) is 1. The monoisotopic (exact) mass is 280 g/mol. The predicted octanol–water partition coefficient (Wildman–Crippen LogP) is 2.85. The second-order valence-electron chi connectivity index (χ2n) is 4.63. The lowest BCUT2D eigenvalue weighted by atomic mass is 10.1. The SMILES string of the molecule is Cc1ccoc1C=C(C#N)C(=O)NCCc1ccccc1. The number of carbonyl (C=O) groups excluding carboxylic acids is 1. The van der Waals surface area contributed by atoms with E-state index in [4.69, 9.17) is 9.68 Å². The predicted molar refractivity (Wildman–Crippen MR) is 80.2 cm³/mol. The van der Waals surface area contributed by atoms with Crippen molar-refractivity contribution in [2.75, 3.05) is 6.54 Å². The molecule has 0 saturated heterocycles. The lowest BCUT2D eigenvalue weighted by Crippen LogP contribution is -2.26. The van der Waals surface area contributed by atoms with Crippen molar-refractivity contribution >= 4 is 12.0 Å². The first-order chi connectivity index (χ1) is 10.2. The minimum absolute atomic E-state index is 0.0427. The third-order valence-electron chi connectivity index (χ3n) is 3.08. The van der Waals surface area contributed by atoms with Gasteiger partial charge in [-0.1, -0.05) is 30.3 Å². The molecule has 0 saturated carbocycles. The van der Waals surface area contributed by atoms with Gasteiger partial charge < -0.3 is 9.73 Å². The third-order valence-corrected chi connectivity index (χ3v) is 3.08. The molecule has 1 N–H and O–H groups in total. The van der Waals surface area contributed by atoms with Crippen LogP contribution in [0, 0.1) is 18.3 Å². The van der Waals surface area contributed by atoms with Crippen LogP contribution in [0.5, 0.6) is 0 Å². The van der Waals surface area contributed by atoms with Crippen LogP contribution in [0.15, 0.2) is 52.7 Å². The number of carbonyl (C=O) groups is 1. The van der Waals surface area contributed by atoms with Gasteiger partial charge in [0.2, 0.25) is 0 Å². The van der Waals surface area contributed by atoms with E-state index in [0.29, 0.717) is 12.3 Å². The molecule has 1 aromatic carbocycles. The molecule has 106 valence electrons. The highest BCUT2D eigenvalue weighted by molar-refractivity contribution is 6.01. The number of aryl methyl sites for hydroxylation is 1. The van der Waals surface area contributed by atoms with Crippen LogP contribution >= 0.6 is 0 Å². The summed E-state index contributed by atoms with van der Waals surface area (Å²) in [4.78, 5) is 12.0. The molecule has 4 heteroatoms. The molecule has 0 atom stereocenters. The molecule has 1 aromatic heterocycles. The van der Waals surface area contributed by atoms with Crippen molar-refractivity contribution in [1.29, 1.82) is 5.26 Å². The molecule has 0 aliphatic heterocycles. The van der Waals surface area contributed by atoms with Crippen LogP contribution in [0.3, 0.4) is 0 Å². The van der Waals surface area contributed by atoms with Crippen LogP contribution in [0.25, 0.3) is 6.08 Å². The van der Waals surface area contributed by atoms with Crippen molar-refractivity contribution in [3.05, 3.63) is 65.1 Å². The molecular formula is C17H16N2O2. The van der Waals surface area contributed by atoms with E-state index in [1.165, 1.54) is 12.3 Å². The van der Waals surface area contributed by atoms with E-state index >= 15 is 0 Å². The fourth-order valence-electron chi connectivity index (χ4n) is 1.87. The Kier molecular flexibility index (Phi) is 4.94. The smallest absolute Gasteiger partial charge is 0.262 e. The van der Waals surface area contributed by atoms with Crippen molar-refractivity contribution in [1.82, 2.24) is 5.32 Å². The van der Waals surface area contributed by atoms with E-state index in [1.807, 2.05) is 43.3 Å².